The summed E-state index contributed by atoms with van der Waals surface area (Å²) in [5.74, 6) is -2.61. The molecule has 176 valence electrons. The van der Waals surface area contributed by atoms with Crippen molar-refractivity contribution in [3.05, 3.63) is 22.8 Å². The number of fused-ring (bicyclic) bond motifs is 2. The van der Waals surface area contributed by atoms with Crippen molar-refractivity contribution in [1.82, 2.24) is 0 Å². The van der Waals surface area contributed by atoms with Crippen molar-refractivity contribution in [2.75, 3.05) is 6.61 Å². The Bertz CT molecular complexity index is 937. The van der Waals surface area contributed by atoms with Crippen molar-refractivity contribution in [3.63, 3.8) is 0 Å². The second-order valence-corrected chi connectivity index (χ2v) is 11.0. The number of esters is 1. The second-order valence-electron chi connectivity index (χ2n) is 11.0. The number of Topliss-reactive ketones (excluding diaryl/α,β-unsaturated/α-hetero) is 1. The molecule has 0 bridgehead atoms. The highest BCUT2D eigenvalue weighted by atomic mass is 16.7. The molecular formula is C25H34O7. The lowest BCUT2D eigenvalue weighted by Crippen LogP contribution is -2.57. The van der Waals surface area contributed by atoms with Gasteiger partial charge in [-0.15, -0.1) is 0 Å². The number of carbonyl (C=O) groups excluding carboxylic acids is 2. The van der Waals surface area contributed by atoms with Crippen LogP contribution in [0.4, 0.5) is 0 Å². The molecule has 1 spiro atoms. The summed E-state index contributed by atoms with van der Waals surface area (Å²) in [4.78, 5) is 25.7. The molecule has 0 radical (unpaired) electrons. The summed E-state index contributed by atoms with van der Waals surface area (Å²) in [7, 11) is 0. The third-order valence-corrected chi connectivity index (χ3v) is 8.67. The van der Waals surface area contributed by atoms with E-state index in [0.29, 0.717) is 37.9 Å². The van der Waals surface area contributed by atoms with Crippen LogP contribution < -0.4 is 0 Å². The highest BCUT2D eigenvalue weighted by molar-refractivity contribution is 6.06. The fraction of sp³-hybridized carbons (Fsp3) is 0.760. The van der Waals surface area contributed by atoms with Crippen LogP contribution >= 0.6 is 0 Å². The second kappa shape index (κ2) is 6.98. The number of ether oxygens (including phenoxy) is 3. The van der Waals surface area contributed by atoms with Gasteiger partial charge >= 0.3 is 5.97 Å². The average molecular weight is 447 g/mol. The summed E-state index contributed by atoms with van der Waals surface area (Å²) in [6.07, 6.45) is 2.38. The zero-order valence-electron chi connectivity index (χ0n) is 19.5. The van der Waals surface area contributed by atoms with Gasteiger partial charge in [0.2, 0.25) is 0 Å². The number of hydrogen-bond acceptors (Lipinski definition) is 7. The maximum Gasteiger partial charge on any atom is 0.331 e. The highest BCUT2D eigenvalue weighted by Crippen LogP contribution is 2.62. The number of cyclic esters (lactones) is 1. The van der Waals surface area contributed by atoms with Gasteiger partial charge in [0.15, 0.2) is 11.6 Å². The molecule has 5 rings (SSSR count). The number of ketones is 1. The Hall–Kier alpha value is -1.54. The summed E-state index contributed by atoms with van der Waals surface area (Å²) in [6.45, 7) is 10.2. The molecule has 2 N–H and O–H groups in total. The molecule has 0 unspecified atom stereocenters. The predicted molar refractivity (Wildman–Crippen MR) is 114 cm³/mol. The van der Waals surface area contributed by atoms with Crippen molar-refractivity contribution in [2.24, 2.45) is 23.7 Å². The van der Waals surface area contributed by atoms with E-state index in [4.69, 9.17) is 14.2 Å². The van der Waals surface area contributed by atoms with Crippen LogP contribution in [0.3, 0.4) is 0 Å². The lowest BCUT2D eigenvalue weighted by molar-refractivity contribution is -0.219. The van der Waals surface area contributed by atoms with E-state index in [-0.39, 0.29) is 35.6 Å². The van der Waals surface area contributed by atoms with Crippen LogP contribution in [0.5, 0.6) is 0 Å². The number of aliphatic hydroxyl groups excluding tert-OH is 1. The first-order chi connectivity index (χ1) is 14.9. The Kier molecular flexibility index (Phi) is 4.86. The van der Waals surface area contributed by atoms with Crippen LogP contribution in [0.15, 0.2) is 22.8 Å². The fourth-order valence-electron chi connectivity index (χ4n) is 7.19. The van der Waals surface area contributed by atoms with Crippen LogP contribution in [0.25, 0.3) is 0 Å². The van der Waals surface area contributed by atoms with Crippen LogP contribution in [-0.4, -0.2) is 57.8 Å². The third-order valence-electron chi connectivity index (χ3n) is 8.67. The fourth-order valence-corrected chi connectivity index (χ4v) is 7.19. The Morgan fingerprint density at radius 2 is 1.94 bits per heavy atom. The number of carbonyl (C=O) groups is 2. The van der Waals surface area contributed by atoms with Gasteiger partial charge in [0.25, 0.3) is 0 Å². The Labute approximate surface area is 188 Å². The quantitative estimate of drug-likeness (QED) is 0.642. The van der Waals surface area contributed by atoms with Crippen molar-refractivity contribution >= 4 is 11.8 Å². The van der Waals surface area contributed by atoms with Gasteiger partial charge in [-0.25, -0.2) is 4.79 Å². The minimum absolute atomic E-state index is 0.259. The van der Waals surface area contributed by atoms with Gasteiger partial charge in [-0.05, 0) is 56.4 Å². The van der Waals surface area contributed by atoms with Crippen LogP contribution in [0.1, 0.15) is 60.3 Å². The molecule has 0 aromatic heterocycles. The third kappa shape index (κ3) is 2.81. The Balaban J connectivity index is 1.57. The van der Waals surface area contributed by atoms with Crippen molar-refractivity contribution in [3.8, 4) is 0 Å². The molecule has 1 saturated heterocycles. The molecule has 3 aliphatic heterocycles. The highest BCUT2D eigenvalue weighted by Gasteiger charge is 2.70. The van der Waals surface area contributed by atoms with Gasteiger partial charge < -0.3 is 24.4 Å². The molecule has 0 aromatic carbocycles. The molecule has 9 atom stereocenters. The Morgan fingerprint density at radius 1 is 1.22 bits per heavy atom. The number of aliphatic hydroxyl groups is 2. The van der Waals surface area contributed by atoms with Crippen molar-refractivity contribution in [2.45, 2.75) is 89.5 Å². The molecule has 5 aliphatic rings. The smallest absolute Gasteiger partial charge is 0.331 e. The van der Waals surface area contributed by atoms with Gasteiger partial charge in [-0.3, -0.25) is 4.79 Å². The molecule has 0 aromatic rings. The normalized spacial score (nSPS) is 50.2. The molecule has 7 heteroatoms. The lowest BCUT2D eigenvalue weighted by Gasteiger charge is -2.44. The van der Waals surface area contributed by atoms with E-state index >= 15 is 0 Å². The molecular weight excluding hydrogens is 412 g/mol. The Morgan fingerprint density at radius 3 is 2.53 bits per heavy atom. The summed E-state index contributed by atoms with van der Waals surface area (Å²) in [5.41, 5.74) is -0.430. The molecule has 2 aliphatic carbocycles. The van der Waals surface area contributed by atoms with E-state index in [1.165, 1.54) is 6.08 Å². The van der Waals surface area contributed by atoms with E-state index in [1.54, 1.807) is 0 Å². The molecule has 7 nitrogen and oxygen atoms in total. The summed E-state index contributed by atoms with van der Waals surface area (Å²) >= 11 is 0. The largest absolute Gasteiger partial charge is 0.455 e. The lowest BCUT2D eigenvalue weighted by atomic mass is 9.61. The van der Waals surface area contributed by atoms with Crippen molar-refractivity contribution < 1.29 is 34.0 Å². The summed E-state index contributed by atoms with van der Waals surface area (Å²) < 4.78 is 18.4. The van der Waals surface area contributed by atoms with E-state index in [1.807, 2.05) is 27.7 Å². The van der Waals surface area contributed by atoms with Gasteiger partial charge in [0.1, 0.15) is 11.7 Å². The van der Waals surface area contributed by atoms with Gasteiger partial charge in [-0.1, -0.05) is 20.8 Å². The molecule has 0 amide bonds. The maximum absolute atomic E-state index is 14.0. The first-order valence-electron chi connectivity index (χ1n) is 11.9. The molecule has 3 heterocycles. The minimum Gasteiger partial charge on any atom is -0.455 e. The van der Waals surface area contributed by atoms with E-state index in [2.05, 4.69) is 6.92 Å². The van der Waals surface area contributed by atoms with E-state index < -0.39 is 29.0 Å². The van der Waals surface area contributed by atoms with E-state index in [9.17, 15) is 19.8 Å². The first-order valence-corrected chi connectivity index (χ1v) is 11.9. The van der Waals surface area contributed by atoms with Crippen molar-refractivity contribution in [1.29, 1.82) is 0 Å². The van der Waals surface area contributed by atoms with E-state index in [0.717, 1.165) is 11.1 Å². The molecule has 2 fully saturated rings. The number of hydrogen-bond donors (Lipinski definition) is 2. The van der Waals surface area contributed by atoms with Crippen LogP contribution in [0.2, 0.25) is 0 Å². The predicted octanol–water partition coefficient (Wildman–Crippen LogP) is 2.44. The van der Waals surface area contributed by atoms with Crippen LogP contribution in [0, 0.1) is 23.7 Å². The number of rotatable bonds is 3. The zero-order valence-corrected chi connectivity index (χ0v) is 19.5. The van der Waals surface area contributed by atoms with Gasteiger partial charge in [0, 0.05) is 29.6 Å². The zero-order chi connectivity index (χ0) is 23.2. The van der Waals surface area contributed by atoms with Crippen LogP contribution in [-0.2, 0) is 23.8 Å². The minimum atomic E-state index is -1.62. The summed E-state index contributed by atoms with van der Waals surface area (Å²) in [6, 6.07) is 0. The SMILES string of the molecule is CC1=CC(=O)O[C@H]1CC[C@@]1(C)O[C@]2(C[C@@H](C)CO2)C2=C1C(=O)[C@@]1(O)[C@H]([C@@H](O)C[C@@H]1C)[C@H]2C. The topological polar surface area (TPSA) is 102 Å². The summed E-state index contributed by atoms with van der Waals surface area (Å²) in [5, 5.41) is 22.5. The van der Waals surface area contributed by atoms with Gasteiger partial charge in [0.05, 0.1) is 18.3 Å². The monoisotopic (exact) mass is 446 g/mol. The average Bonchev–Trinajstić information content (AvgIpc) is 3.37. The molecule has 32 heavy (non-hydrogen) atoms. The first kappa shape index (κ1) is 22.3. The van der Waals surface area contributed by atoms with Gasteiger partial charge in [-0.2, -0.15) is 0 Å². The molecule has 1 saturated carbocycles. The maximum atomic E-state index is 14.0. The standard InChI is InChI=1S/C25H34O7/c1-12-10-24(30-11-12)20-15(4)19-16(26)9-14(3)25(19,29)22(28)21(20)23(5,32-24)7-6-17-13(2)8-18(27)31-17/h8,12,14-17,19,26,29H,6-7,9-11H2,1-5H3/t12-,14+,15-,16+,17+,19+,23-,24-,25+/m1/s1.